The number of carbonyl (C=O) groups is 2. The van der Waals surface area contributed by atoms with E-state index in [9.17, 15) is 18.0 Å². The van der Waals surface area contributed by atoms with Gasteiger partial charge < -0.3 is 11.1 Å². The van der Waals surface area contributed by atoms with Gasteiger partial charge in [0.1, 0.15) is 5.41 Å². The molecule has 2 amide bonds. The lowest BCUT2D eigenvalue weighted by molar-refractivity contribution is -0.127. The van der Waals surface area contributed by atoms with Crippen molar-refractivity contribution in [2.75, 3.05) is 38.0 Å². The summed E-state index contributed by atoms with van der Waals surface area (Å²) in [7, 11) is -3.51. The predicted molar refractivity (Wildman–Crippen MR) is 128 cm³/mol. The second-order valence-corrected chi connectivity index (χ2v) is 11.0. The number of nitrogens with one attached hydrogen (secondary N) is 1. The van der Waals surface area contributed by atoms with Crippen LogP contribution < -0.4 is 11.1 Å². The van der Waals surface area contributed by atoms with Gasteiger partial charge in [-0.2, -0.15) is 4.31 Å². The van der Waals surface area contributed by atoms with Gasteiger partial charge >= 0.3 is 0 Å². The van der Waals surface area contributed by atoms with E-state index in [1.54, 1.807) is 30.5 Å². The third-order valence-electron chi connectivity index (χ3n) is 6.66. The number of amides is 2. The zero-order valence-electron chi connectivity index (χ0n) is 19.2. The zero-order chi connectivity index (χ0) is 24.2. The van der Waals surface area contributed by atoms with Crippen LogP contribution in [0.2, 0.25) is 0 Å². The lowest BCUT2D eigenvalue weighted by Gasteiger charge is -2.40. The number of sulfonamides is 1. The summed E-state index contributed by atoms with van der Waals surface area (Å²) in [4.78, 5) is 31.6. The normalized spacial score (nSPS) is 22.2. The van der Waals surface area contributed by atoms with Crippen molar-refractivity contribution in [2.45, 2.75) is 42.4 Å². The van der Waals surface area contributed by atoms with Crippen molar-refractivity contribution < 1.29 is 18.0 Å². The van der Waals surface area contributed by atoms with Crippen molar-refractivity contribution in [3.63, 3.8) is 0 Å². The molecule has 10 heteroatoms. The maximum atomic E-state index is 12.8. The van der Waals surface area contributed by atoms with Gasteiger partial charge in [-0.25, -0.2) is 8.42 Å². The SMILES string of the molecule is NC(=O)[C@@]1(c2ccccn2)CCCN(CC(=O)Nc2ccc(S(=O)(=O)N3CCCCC3)cc2)C1. The number of piperidine rings is 2. The molecule has 3 heterocycles. The number of nitrogens with zero attached hydrogens (tertiary/aromatic N) is 3. The average Bonchev–Trinajstić information content (AvgIpc) is 2.85. The van der Waals surface area contributed by atoms with E-state index < -0.39 is 21.3 Å². The molecule has 2 aliphatic heterocycles. The molecule has 0 saturated carbocycles. The molecular weight excluding hydrogens is 454 g/mol. The van der Waals surface area contributed by atoms with Crippen LogP contribution in [0.4, 0.5) is 5.69 Å². The van der Waals surface area contributed by atoms with Crippen LogP contribution in [0.3, 0.4) is 0 Å². The van der Waals surface area contributed by atoms with Gasteiger partial charge in [0.15, 0.2) is 0 Å². The summed E-state index contributed by atoms with van der Waals surface area (Å²) in [6.07, 6.45) is 5.75. The molecule has 0 spiro atoms. The number of benzene rings is 1. The highest BCUT2D eigenvalue weighted by atomic mass is 32.2. The third kappa shape index (κ3) is 5.13. The van der Waals surface area contributed by atoms with Crippen LogP contribution in [-0.4, -0.2) is 67.1 Å². The van der Waals surface area contributed by atoms with Crippen LogP contribution in [-0.2, 0) is 25.0 Å². The van der Waals surface area contributed by atoms with Crippen molar-refractivity contribution >= 4 is 27.5 Å². The van der Waals surface area contributed by atoms with Gasteiger partial charge in [-0.05, 0) is 68.6 Å². The number of nitrogens with two attached hydrogens (primary N) is 1. The number of pyridine rings is 1. The molecule has 2 fully saturated rings. The van der Waals surface area contributed by atoms with E-state index in [1.165, 1.54) is 16.4 Å². The molecule has 2 aromatic rings. The molecule has 2 saturated heterocycles. The van der Waals surface area contributed by atoms with Gasteiger partial charge in [0.2, 0.25) is 21.8 Å². The topological polar surface area (TPSA) is 126 Å². The Labute approximate surface area is 200 Å². The first-order valence-corrected chi connectivity index (χ1v) is 13.1. The molecule has 4 rings (SSSR count). The summed E-state index contributed by atoms with van der Waals surface area (Å²) in [5.41, 5.74) is 6.01. The maximum Gasteiger partial charge on any atom is 0.243 e. The summed E-state index contributed by atoms with van der Waals surface area (Å²) in [5, 5.41) is 2.82. The highest BCUT2D eigenvalue weighted by Gasteiger charge is 2.43. The van der Waals surface area contributed by atoms with Crippen LogP contribution in [0.15, 0.2) is 53.6 Å². The standard InChI is InChI=1S/C24H31N5O4S/c25-23(31)24(21-7-2-3-13-26-21)12-6-14-28(18-24)17-22(30)27-19-8-10-20(11-9-19)34(32,33)29-15-4-1-5-16-29/h2-3,7-11,13H,1,4-6,12,14-18H2,(H2,25,31)(H,27,30)/t24-/m0/s1. The van der Waals surface area contributed by atoms with E-state index in [2.05, 4.69) is 10.3 Å². The smallest absolute Gasteiger partial charge is 0.243 e. The van der Waals surface area contributed by atoms with E-state index in [0.717, 1.165) is 25.7 Å². The molecule has 3 N–H and O–H groups in total. The van der Waals surface area contributed by atoms with Gasteiger partial charge in [-0.1, -0.05) is 12.5 Å². The fourth-order valence-electron chi connectivity index (χ4n) is 4.83. The summed E-state index contributed by atoms with van der Waals surface area (Å²) >= 11 is 0. The minimum absolute atomic E-state index is 0.0929. The second-order valence-electron chi connectivity index (χ2n) is 9.01. The van der Waals surface area contributed by atoms with Crippen LogP contribution >= 0.6 is 0 Å². The third-order valence-corrected chi connectivity index (χ3v) is 8.57. The minimum atomic E-state index is -3.51. The quantitative estimate of drug-likeness (QED) is 0.615. The van der Waals surface area contributed by atoms with Crippen molar-refractivity contribution in [3.05, 3.63) is 54.4 Å². The fourth-order valence-corrected chi connectivity index (χ4v) is 6.35. The monoisotopic (exact) mass is 485 g/mol. The largest absolute Gasteiger partial charge is 0.369 e. The Morgan fingerprint density at radius 3 is 2.38 bits per heavy atom. The van der Waals surface area contributed by atoms with Crippen LogP contribution in [0.5, 0.6) is 0 Å². The minimum Gasteiger partial charge on any atom is -0.369 e. The van der Waals surface area contributed by atoms with Gasteiger partial charge in [-0.15, -0.1) is 0 Å². The average molecular weight is 486 g/mol. The number of likely N-dealkylation sites (tertiary alicyclic amines) is 1. The molecule has 1 atom stereocenters. The number of aromatic nitrogens is 1. The molecule has 0 aliphatic carbocycles. The summed E-state index contributed by atoms with van der Waals surface area (Å²) in [6.45, 7) is 2.17. The van der Waals surface area contributed by atoms with E-state index in [1.807, 2.05) is 11.0 Å². The molecule has 1 aromatic heterocycles. The van der Waals surface area contributed by atoms with E-state index >= 15 is 0 Å². The highest BCUT2D eigenvalue weighted by Crippen LogP contribution is 2.32. The fraction of sp³-hybridized carbons (Fsp3) is 0.458. The second kappa shape index (κ2) is 10.2. The van der Waals surface area contributed by atoms with Crippen LogP contribution in [0, 0.1) is 0 Å². The van der Waals surface area contributed by atoms with Gasteiger partial charge in [-0.3, -0.25) is 19.5 Å². The molecule has 34 heavy (non-hydrogen) atoms. The number of anilines is 1. The number of primary amides is 1. The Bertz CT molecular complexity index is 1120. The molecule has 9 nitrogen and oxygen atoms in total. The number of hydrogen-bond acceptors (Lipinski definition) is 6. The predicted octanol–water partition coefficient (Wildman–Crippen LogP) is 1.71. The summed E-state index contributed by atoms with van der Waals surface area (Å²) in [6, 6.07) is 11.7. The van der Waals surface area contributed by atoms with Gasteiger partial charge in [0.05, 0.1) is 17.1 Å². The van der Waals surface area contributed by atoms with E-state index in [-0.39, 0.29) is 17.3 Å². The Morgan fingerprint density at radius 2 is 1.74 bits per heavy atom. The van der Waals surface area contributed by atoms with Crippen molar-refractivity contribution in [1.29, 1.82) is 0 Å². The summed E-state index contributed by atoms with van der Waals surface area (Å²) in [5.74, 6) is -0.685. The first-order chi connectivity index (χ1) is 16.3. The van der Waals surface area contributed by atoms with Gasteiger partial charge in [0, 0.05) is 31.5 Å². The molecule has 0 bridgehead atoms. The molecule has 182 valence electrons. The van der Waals surface area contributed by atoms with Crippen molar-refractivity contribution in [2.24, 2.45) is 5.73 Å². The van der Waals surface area contributed by atoms with E-state index in [0.29, 0.717) is 44.0 Å². The molecule has 0 unspecified atom stereocenters. The highest BCUT2D eigenvalue weighted by molar-refractivity contribution is 7.89. The lowest BCUT2D eigenvalue weighted by Crippen LogP contribution is -2.55. The number of hydrogen-bond donors (Lipinski definition) is 2. The Kier molecular flexibility index (Phi) is 7.30. The lowest BCUT2D eigenvalue weighted by atomic mass is 9.76. The van der Waals surface area contributed by atoms with Crippen molar-refractivity contribution in [1.82, 2.24) is 14.2 Å². The zero-order valence-corrected chi connectivity index (χ0v) is 20.0. The Morgan fingerprint density at radius 1 is 1.00 bits per heavy atom. The molecule has 2 aliphatic rings. The Hall–Kier alpha value is -2.82. The number of carbonyl (C=O) groups excluding carboxylic acids is 2. The van der Waals surface area contributed by atoms with Gasteiger partial charge in [0.25, 0.3) is 0 Å². The van der Waals surface area contributed by atoms with E-state index in [4.69, 9.17) is 5.73 Å². The molecule has 1 aromatic carbocycles. The Balaban J connectivity index is 1.39. The first kappa shape index (κ1) is 24.3. The van der Waals surface area contributed by atoms with Crippen LogP contribution in [0.25, 0.3) is 0 Å². The summed E-state index contributed by atoms with van der Waals surface area (Å²) < 4.78 is 27.1. The molecule has 0 radical (unpaired) electrons. The first-order valence-electron chi connectivity index (χ1n) is 11.7. The molecular formula is C24H31N5O4S. The van der Waals surface area contributed by atoms with Crippen LogP contribution in [0.1, 0.15) is 37.8 Å². The van der Waals surface area contributed by atoms with Crippen molar-refractivity contribution in [3.8, 4) is 0 Å². The number of rotatable bonds is 7. The maximum absolute atomic E-state index is 12.8.